The number of nitrogens with one attached hydrogen (secondary N) is 1. The quantitative estimate of drug-likeness (QED) is 0.869. The van der Waals surface area contributed by atoms with E-state index in [1.807, 2.05) is 37.3 Å². The van der Waals surface area contributed by atoms with Crippen molar-refractivity contribution in [2.75, 3.05) is 18.5 Å². The highest BCUT2D eigenvalue weighted by molar-refractivity contribution is 5.65. The lowest BCUT2D eigenvalue weighted by molar-refractivity contribution is 0.328. The third kappa shape index (κ3) is 3.25. The van der Waals surface area contributed by atoms with Crippen LogP contribution < -0.4 is 15.8 Å². The van der Waals surface area contributed by atoms with Crippen LogP contribution in [-0.2, 0) is 0 Å². The van der Waals surface area contributed by atoms with E-state index in [-0.39, 0.29) is 0 Å². The number of rotatable bonds is 5. The summed E-state index contributed by atoms with van der Waals surface area (Å²) in [7, 11) is 0. The first-order chi connectivity index (χ1) is 9.74. The summed E-state index contributed by atoms with van der Waals surface area (Å²) < 4.78 is 5.46. The molecule has 102 valence electrons. The van der Waals surface area contributed by atoms with E-state index < -0.39 is 0 Å². The van der Waals surface area contributed by atoms with Gasteiger partial charge in [-0.25, -0.2) is 4.98 Å². The predicted octanol–water partition coefficient (Wildman–Crippen LogP) is 2.34. The fourth-order valence-corrected chi connectivity index (χ4v) is 1.77. The third-order valence-corrected chi connectivity index (χ3v) is 2.75. The second-order valence-corrected chi connectivity index (χ2v) is 4.25. The molecule has 0 spiro atoms. The minimum absolute atomic E-state index is 0.468. The van der Waals surface area contributed by atoms with E-state index >= 15 is 0 Å². The number of anilines is 2. The smallest absolute Gasteiger partial charge is 0.148 e. The number of aryl methyl sites for hydroxylation is 1. The monoisotopic (exact) mass is 268 g/mol. The van der Waals surface area contributed by atoms with E-state index in [2.05, 4.69) is 16.4 Å². The van der Waals surface area contributed by atoms with Crippen LogP contribution in [0.3, 0.4) is 0 Å². The molecule has 1 aromatic carbocycles. The maximum atomic E-state index is 9.18. The van der Waals surface area contributed by atoms with Gasteiger partial charge in [-0.15, -0.1) is 0 Å². The lowest BCUT2D eigenvalue weighted by atomic mass is 10.1. The van der Waals surface area contributed by atoms with Gasteiger partial charge >= 0.3 is 0 Å². The Bertz CT molecular complexity index is 634. The Morgan fingerprint density at radius 3 is 3.00 bits per heavy atom. The number of ether oxygens (including phenoxy) is 1. The van der Waals surface area contributed by atoms with E-state index in [0.717, 1.165) is 17.0 Å². The van der Waals surface area contributed by atoms with Crippen molar-refractivity contribution in [3.8, 4) is 11.8 Å². The Kier molecular flexibility index (Phi) is 4.53. The summed E-state index contributed by atoms with van der Waals surface area (Å²) in [4.78, 5) is 4.20. The van der Waals surface area contributed by atoms with Crippen LogP contribution in [-0.4, -0.2) is 18.1 Å². The molecule has 0 aliphatic rings. The number of nitriles is 1. The van der Waals surface area contributed by atoms with Gasteiger partial charge in [0, 0.05) is 24.5 Å². The van der Waals surface area contributed by atoms with Gasteiger partial charge in [0.05, 0.1) is 5.56 Å². The van der Waals surface area contributed by atoms with E-state index in [1.165, 1.54) is 0 Å². The van der Waals surface area contributed by atoms with Crippen LogP contribution in [0.1, 0.15) is 11.1 Å². The molecule has 0 saturated heterocycles. The van der Waals surface area contributed by atoms with Crippen LogP contribution in [0.2, 0.25) is 0 Å². The van der Waals surface area contributed by atoms with E-state index in [1.54, 1.807) is 6.20 Å². The Labute approximate surface area is 118 Å². The minimum atomic E-state index is 0.468. The highest BCUT2D eigenvalue weighted by Crippen LogP contribution is 2.23. The molecule has 3 N–H and O–H groups in total. The van der Waals surface area contributed by atoms with Crippen LogP contribution in [0.5, 0.6) is 5.75 Å². The largest absolute Gasteiger partial charge is 0.492 e. The van der Waals surface area contributed by atoms with Gasteiger partial charge in [-0.2, -0.15) is 5.26 Å². The summed E-state index contributed by atoms with van der Waals surface area (Å²) in [5, 5.41) is 12.3. The van der Waals surface area contributed by atoms with Gasteiger partial charge < -0.3 is 15.8 Å². The first kappa shape index (κ1) is 13.8. The SMILES string of the molecule is Cc1ccnc(Nc2cccc(OCCN)c2)c1C#N. The molecule has 2 aromatic rings. The summed E-state index contributed by atoms with van der Waals surface area (Å²) >= 11 is 0. The van der Waals surface area contributed by atoms with Crippen LogP contribution in [0, 0.1) is 18.3 Å². The maximum Gasteiger partial charge on any atom is 0.148 e. The normalized spacial score (nSPS) is 9.85. The molecule has 20 heavy (non-hydrogen) atoms. The molecule has 0 saturated carbocycles. The van der Waals surface area contributed by atoms with Crippen LogP contribution >= 0.6 is 0 Å². The van der Waals surface area contributed by atoms with Gasteiger partial charge in [0.25, 0.3) is 0 Å². The van der Waals surface area contributed by atoms with E-state index in [4.69, 9.17) is 10.5 Å². The van der Waals surface area contributed by atoms with Crippen molar-refractivity contribution >= 4 is 11.5 Å². The fraction of sp³-hybridized carbons (Fsp3) is 0.200. The molecule has 1 aromatic heterocycles. The lowest BCUT2D eigenvalue weighted by Crippen LogP contribution is -2.10. The second-order valence-electron chi connectivity index (χ2n) is 4.25. The Balaban J connectivity index is 2.22. The number of aromatic nitrogens is 1. The lowest BCUT2D eigenvalue weighted by Gasteiger charge is -2.10. The summed E-state index contributed by atoms with van der Waals surface area (Å²) in [6, 6.07) is 11.4. The van der Waals surface area contributed by atoms with Gasteiger partial charge in [0.1, 0.15) is 24.2 Å². The summed E-state index contributed by atoms with van der Waals surface area (Å²) in [6.45, 7) is 2.82. The molecule has 0 amide bonds. The number of nitrogens with zero attached hydrogens (tertiary/aromatic N) is 2. The van der Waals surface area contributed by atoms with Crippen molar-refractivity contribution < 1.29 is 4.74 Å². The third-order valence-electron chi connectivity index (χ3n) is 2.75. The van der Waals surface area contributed by atoms with Gasteiger partial charge in [-0.05, 0) is 30.7 Å². The van der Waals surface area contributed by atoms with Crippen molar-refractivity contribution in [2.45, 2.75) is 6.92 Å². The Morgan fingerprint density at radius 2 is 2.25 bits per heavy atom. The first-order valence-corrected chi connectivity index (χ1v) is 6.30. The van der Waals surface area contributed by atoms with Crippen molar-refractivity contribution in [2.24, 2.45) is 5.73 Å². The molecule has 0 unspecified atom stereocenters. The number of pyridine rings is 1. The molecule has 0 fully saturated rings. The summed E-state index contributed by atoms with van der Waals surface area (Å²) in [5.74, 6) is 1.27. The molecule has 2 rings (SSSR count). The van der Waals surface area contributed by atoms with Crippen molar-refractivity contribution in [1.29, 1.82) is 5.26 Å². The standard InChI is InChI=1S/C15H16N4O/c1-11-5-7-18-15(14(11)10-17)19-12-3-2-4-13(9-12)20-8-6-16/h2-5,7,9H,6,8,16H2,1H3,(H,18,19). The molecular formula is C15H16N4O. The topological polar surface area (TPSA) is 84.0 Å². The molecule has 0 radical (unpaired) electrons. The highest BCUT2D eigenvalue weighted by atomic mass is 16.5. The molecule has 5 heteroatoms. The summed E-state index contributed by atoms with van der Waals surface area (Å²) in [5.41, 5.74) is 7.65. The molecule has 0 aliphatic carbocycles. The van der Waals surface area contributed by atoms with E-state index in [0.29, 0.717) is 24.5 Å². The maximum absolute atomic E-state index is 9.18. The number of hydrogen-bond donors (Lipinski definition) is 2. The zero-order chi connectivity index (χ0) is 14.4. The van der Waals surface area contributed by atoms with Gasteiger partial charge in [0.2, 0.25) is 0 Å². The average Bonchev–Trinajstić information content (AvgIpc) is 2.46. The highest BCUT2D eigenvalue weighted by Gasteiger charge is 2.07. The molecule has 5 nitrogen and oxygen atoms in total. The Hall–Kier alpha value is -2.58. The summed E-state index contributed by atoms with van der Waals surface area (Å²) in [6.07, 6.45) is 1.67. The first-order valence-electron chi connectivity index (χ1n) is 6.30. The van der Waals surface area contributed by atoms with Crippen molar-refractivity contribution in [3.05, 3.63) is 47.7 Å². The van der Waals surface area contributed by atoms with Gasteiger partial charge in [-0.1, -0.05) is 6.07 Å². The zero-order valence-corrected chi connectivity index (χ0v) is 11.3. The number of hydrogen-bond acceptors (Lipinski definition) is 5. The van der Waals surface area contributed by atoms with Crippen molar-refractivity contribution in [3.63, 3.8) is 0 Å². The van der Waals surface area contributed by atoms with E-state index in [9.17, 15) is 5.26 Å². The molecule has 0 bridgehead atoms. The minimum Gasteiger partial charge on any atom is -0.492 e. The average molecular weight is 268 g/mol. The van der Waals surface area contributed by atoms with Crippen molar-refractivity contribution in [1.82, 2.24) is 4.98 Å². The van der Waals surface area contributed by atoms with Gasteiger partial charge in [-0.3, -0.25) is 0 Å². The van der Waals surface area contributed by atoms with Crippen LogP contribution in [0.25, 0.3) is 0 Å². The molecular weight excluding hydrogens is 252 g/mol. The van der Waals surface area contributed by atoms with Crippen LogP contribution in [0.4, 0.5) is 11.5 Å². The molecule has 0 atom stereocenters. The number of nitrogens with two attached hydrogens (primary N) is 1. The molecule has 0 aliphatic heterocycles. The zero-order valence-electron chi connectivity index (χ0n) is 11.3. The predicted molar refractivity (Wildman–Crippen MR) is 78.0 cm³/mol. The second kappa shape index (κ2) is 6.55. The number of benzene rings is 1. The van der Waals surface area contributed by atoms with Crippen LogP contribution in [0.15, 0.2) is 36.5 Å². The molecule has 1 heterocycles. The fourth-order valence-electron chi connectivity index (χ4n) is 1.77. The van der Waals surface area contributed by atoms with Gasteiger partial charge in [0.15, 0.2) is 0 Å². The Morgan fingerprint density at radius 1 is 1.40 bits per heavy atom.